The maximum atomic E-state index is 12.5. The molecule has 2 aromatic rings. The topological polar surface area (TPSA) is 55.4 Å². The van der Waals surface area contributed by atoms with Crippen molar-refractivity contribution in [1.29, 1.82) is 0 Å². The second-order valence-electron chi connectivity index (χ2n) is 9.14. The molecule has 3 rings (SSSR count). The lowest BCUT2D eigenvalue weighted by Crippen LogP contribution is -2.38. The van der Waals surface area contributed by atoms with E-state index < -0.39 is 0 Å². The molecule has 1 N–H and O–H groups in total. The fourth-order valence-corrected chi connectivity index (χ4v) is 4.93. The van der Waals surface area contributed by atoms with Gasteiger partial charge in [-0.15, -0.1) is 0 Å². The highest BCUT2D eigenvalue weighted by Crippen LogP contribution is 2.31. The van der Waals surface area contributed by atoms with Crippen molar-refractivity contribution < 1.29 is 14.3 Å². The molecular formula is C28H37NO3. The Bertz CT molecular complexity index is 915. The van der Waals surface area contributed by atoms with Gasteiger partial charge in [-0.1, -0.05) is 75.4 Å². The van der Waals surface area contributed by atoms with Gasteiger partial charge in [-0.3, -0.25) is 4.79 Å². The van der Waals surface area contributed by atoms with Crippen molar-refractivity contribution in [1.82, 2.24) is 5.32 Å². The van der Waals surface area contributed by atoms with E-state index in [1.165, 1.54) is 39.2 Å². The van der Waals surface area contributed by atoms with Gasteiger partial charge in [0, 0.05) is 12.5 Å². The van der Waals surface area contributed by atoms with Crippen molar-refractivity contribution in [2.75, 3.05) is 7.11 Å². The lowest BCUT2D eigenvalue weighted by atomic mass is 9.83. The van der Waals surface area contributed by atoms with Crippen LogP contribution in [0.1, 0.15) is 79.8 Å². The van der Waals surface area contributed by atoms with Crippen LogP contribution in [0.3, 0.4) is 0 Å². The monoisotopic (exact) mass is 435 g/mol. The molecule has 1 aliphatic carbocycles. The number of hydrogen-bond donors (Lipinski definition) is 1. The number of carbonyl (C=O) groups excluding carboxylic acids is 2. The second kappa shape index (κ2) is 11.8. The Morgan fingerprint density at radius 2 is 1.81 bits per heavy atom. The van der Waals surface area contributed by atoms with Crippen molar-refractivity contribution in [2.24, 2.45) is 5.92 Å². The third-order valence-electron chi connectivity index (χ3n) is 6.59. The average Bonchev–Trinajstić information content (AvgIpc) is 2.79. The zero-order valence-corrected chi connectivity index (χ0v) is 19.8. The number of esters is 1. The maximum Gasteiger partial charge on any atom is 0.338 e. The van der Waals surface area contributed by atoms with Crippen LogP contribution in [0.4, 0.5) is 0 Å². The zero-order chi connectivity index (χ0) is 22.9. The molecule has 1 saturated carbocycles. The van der Waals surface area contributed by atoms with Crippen molar-refractivity contribution in [2.45, 2.75) is 77.7 Å². The molecular weight excluding hydrogens is 398 g/mol. The van der Waals surface area contributed by atoms with Crippen molar-refractivity contribution in [3.63, 3.8) is 0 Å². The number of nitrogens with one attached hydrogen (secondary N) is 1. The Kier molecular flexibility index (Phi) is 8.90. The molecule has 1 unspecified atom stereocenters. The highest BCUT2D eigenvalue weighted by atomic mass is 16.5. The Morgan fingerprint density at radius 1 is 1.06 bits per heavy atom. The van der Waals surface area contributed by atoms with E-state index in [-0.39, 0.29) is 17.9 Å². The summed E-state index contributed by atoms with van der Waals surface area (Å²) in [6.45, 7) is 4.09. The number of aryl methyl sites for hydroxylation is 1. The van der Waals surface area contributed by atoms with E-state index in [1.54, 1.807) is 0 Å². The van der Waals surface area contributed by atoms with E-state index in [2.05, 4.69) is 24.4 Å². The summed E-state index contributed by atoms with van der Waals surface area (Å²) in [5.74, 6) is 0.490. The van der Waals surface area contributed by atoms with Crippen LogP contribution in [0.5, 0.6) is 0 Å². The zero-order valence-electron chi connectivity index (χ0n) is 19.8. The van der Waals surface area contributed by atoms with Crippen LogP contribution in [-0.4, -0.2) is 25.0 Å². The highest BCUT2D eigenvalue weighted by molar-refractivity contribution is 5.97. The maximum absolute atomic E-state index is 12.5. The first-order valence-corrected chi connectivity index (χ1v) is 12.1. The molecule has 0 spiro atoms. The van der Waals surface area contributed by atoms with E-state index >= 15 is 0 Å². The summed E-state index contributed by atoms with van der Waals surface area (Å²) >= 11 is 0. The third-order valence-corrected chi connectivity index (χ3v) is 6.59. The molecule has 2 aromatic carbocycles. The first-order valence-electron chi connectivity index (χ1n) is 12.1. The summed E-state index contributed by atoms with van der Waals surface area (Å²) in [5, 5.41) is 3.30. The molecule has 4 nitrogen and oxygen atoms in total. The van der Waals surface area contributed by atoms with Gasteiger partial charge in [-0.25, -0.2) is 4.79 Å². The van der Waals surface area contributed by atoms with Crippen LogP contribution in [0.2, 0.25) is 0 Å². The van der Waals surface area contributed by atoms with Crippen molar-refractivity contribution in [3.8, 4) is 11.1 Å². The van der Waals surface area contributed by atoms with Gasteiger partial charge in [0.05, 0.1) is 12.7 Å². The van der Waals surface area contributed by atoms with E-state index in [0.717, 1.165) is 41.5 Å². The van der Waals surface area contributed by atoms with Crippen LogP contribution in [0.25, 0.3) is 11.1 Å². The van der Waals surface area contributed by atoms with E-state index in [0.29, 0.717) is 17.9 Å². The van der Waals surface area contributed by atoms with Crippen LogP contribution in [0, 0.1) is 12.8 Å². The molecule has 4 heteroatoms. The van der Waals surface area contributed by atoms with Crippen LogP contribution < -0.4 is 5.32 Å². The average molecular weight is 436 g/mol. The Labute approximate surface area is 192 Å². The van der Waals surface area contributed by atoms with E-state index in [9.17, 15) is 9.59 Å². The number of ether oxygens (including phenoxy) is 1. The molecule has 0 heterocycles. The Balaban J connectivity index is 1.89. The predicted molar refractivity (Wildman–Crippen MR) is 130 cm³/mol. The van der Waals surface area contributed by atoms with Crippen LogP contribution >= 0.6 is 0 Å². The van der Waals surface area contributed by atoms with Crippen molar-refractivity contribution >= 4 is 11.9 Å². The van der Waals surface area contributed by atoms with E-state index in [4.69, 9.17) is 4.74 Å². The molecule has 1 aliphatic rings. The van der Waals surface area contributed by atoms with Gasteiger partial charge in [0.25, 0.3) is 0 Å². The van der Waals surface area contributed by atoms with Gasteiger partial charge in [0.1, 0.15) is 0 Å². The number of carbonyl (C=O) groups is 2. The molecule has 1 amide bonds. The molecule has 0 bridgehead atoms. The van der Waals surface area contributed by atoms with E-state index in [1.807, 2.05) is 37.3 Å². The molecule has 1 atom stereocenters. The predicted octanol–water partition coefficient (Wildman–Crippen LogP) is 6.25. The largest absolute Gasteiger partial charge is 0.465 e. The van der Waals surface area contributed by atoms with Crippen LogP contribution in [-0.2, 0) is 16.0 Å². The normalized spacial score (nSPS) is 15.2. The number of hydrogen-bond acceptors (Lipinski definition) is 3. The highest BCUT2D eigenvalue weighted by Gasteiger charge is 2.22. The van der Waals surface area contributed by atoms with Crippen molar-refractivity contribution in [3.05, 3.63) is 59.2 Å². The molecule has 0 saturated heterocycles. The summed E-state index contributed by atoms with van der Waals surface area (Å²) in [7, 11) is 1.42. The molecule has 172 valence electrons. The molecule has 0 radical (unpaired) electrons. The summed E-state index contributed by atoms with van der Waals surface area (Å²) in [6, 6.07) is 14.2. The lowest BCUT2D eigenvalue weighted by molar-refractivity contribution is -0.121. The number of methoxy groups -OCH3 is 1. The first-order chi connectivity index (χ1) is 15.5. The molecule has 1 fully saturated rings. The fraction of sp³-hybridized carbons (Fsp3) is 0.500. The lowest BCUT2D eigenvalue weighted by Gasteiger charge is -2.27. The smallest absolute Gasteiger partial charge is 0.338 e. The van der Waals surface area contributed by atoms with Gasteiger partial charge in [0.15, 0.2) is 0 Å². The van der Waals surface area contributed by atoms with Gasteiger partial charge in [0.2, 0.25) is 5.91 Å². The quantitative estimate of drug-likeness (QED) is 0.474. The minimum Gasteiger partial charge on any atom is -0.465 e. The molecule has 0 aliphatic heterocycles. The number of rotatable bonds is 9. The SMILES string of the molecule is CCCC(=O)NC(Cc1ccc(C(=O)OC)c(-c2ccccc2C)c1)CC1CCCCC1. The summed E-state index contributed by atoms with van der Waals surface area (Å²) in [5.41, 5.74) is 4.75. The first kappa shape index (κ1) is 24.0. The Hall–Kier alpha value is -2.62. The van der Waals surface area contributed by atoms with Gasteiger partial charge >= 0.3 is 5.97 Å². The number of benzene rings is 2. The summed E-state index contributed by atoms with van der Waals surface area (Å²) in [4.78, 5) is 24.9. The minimum atomic E-state index is -0.329. The molecule has 0 aromatic heterocycles. The van der Waals surface area contributed by atoms with Gasteiger partial charge in [-0.05, 0) is 60.4 Å². The summed E-state index contributed by atoms with van der Waals surface area (Å²) < 4.78 is 5.04. The fourth-order valence-electron chi connectivity index (χ4n) is 4.93. The second-order valence-corrected chi connectivity index (χ2v) is 9.14. The number of amides is 1. The molecule has 32 heavy (non-hydrogen) atoms. The summed E-state index contributed by atoms with van der Waals surface area (Å²) in [6.07, 6.45) is 9.66. The van der Waals surface area contributed by atoms with Gasteiger partial charge in [-0.2, -0.15) is 0 Å². The minimum absolute atomic E-state index is 0.117. The van der Waals surface area contributed by atoms with Gasteiger partial charge < -0.3 is 10.1 Å². The third kappa shape index (κ3) is 6.44. The standard InChI is InChI=1S/C28H37NO3/c1-4-10-27(30)29-23(17-21-12-6-5-7-13-21)18-22-15-16-25(28(31)32-3)26(19-22)24-14-9-8-11-20(24)2/h8-9,11,14-16,19,21,23H,4-7,10,12-13,17-18H2,1-3H3,(H,29,30). The van der Waals surface area contributed by atoms with Crippen LogP contribution in [0.15, 0.2) is 42.5 Å². The Morgan fingerprint density at radius 3 is 2.50 bits per heavy atom.